The lowest BCUT2D eigenvalue weighted by Crippen LogP contribution is -2.17. The second-order valence-electron chi connectivity index (χ2n) is 9.10. The first-order valence-electron chi connectivity index (χ1n) is 12.7. The predicted octanol–water partition coefficient (Wildman–Crippen LogP) is 5.31. The fourth-order valence-corrected chi connectivity index (χ4v) is 4.02. The summed E-state index contributed by atoms with van der Waals surface area (Å²) in [5.74, 6) is 0.453. The Labute approximate surface area is 241 Å². The molecule has 4 N–H and O–H groups in total. The highest BCUT2D eigenvalue weighted by molar-refractivity contribution is 6.09. The number of nitro groups is 1. The minimum absolute atomic E-state index is 0.0395. The van der Waals surface area contributed by atoms with Crippen LogP contribution in [-0.4, -0.2) is 48.0 Å². The van der Waals surface area contributed by atoms with E-state index in [4.69, 9.17) is 9.47 Å². The van der Waals surface area contributed by atoms with Crippen LogP contribution in [-0.2, 0) is 0 Å². The third-order valence-electron chi connectivity index (χ3n) is 6.32. The minimum Gasteiger partial charge on any atom is -0.493 e. The molecule has 0 aliphatic rings. The van der Waals surface area contributed by atoms with Gasteiger partial charge in [-0.15, -0.1) is 0 Å². The number of amides is 2. The van der Waals surface area contributed by atoms with Crippen molar-refractivity contribution in [3.05, 3.63) is 93.2 Å². The van der Waals surface area contributed by atoms with Crippen LogP contribution >= 0.6 is 0 Å². The zero-order valence-corrected chi connectivity index (χ0v) is 23.6. The van der Waals surface area contributed by atoms with Gasteiger partial charge in [-0.05, 0) is 55.8 Å². The molecular weight excluding hydrogens is 542 g/mol. The van der Waals surface area contributed by atoms with Crippen LogP contribution in [0.4, 0.5) is 34.5 Å². The minimum atomic E-state index is -0.483. The number of aromatic nitrogens is 2. The SMILES string of the molecule is CNc1nc(Nc2ccc(C)c([N+](=O)[O-])c2)ncc1C(=O)Nc1cc(NC(=O)c2ccc(OC)c(OC)c2)ccc1C. The lowest BCUT2D eigenvalue weighted by atomic mass is 10.1. The molecule has 0 aliphatic carbocycles. The molecule has 42 heavy (non-hydrogen) atoms. The number of carbonyl (C=O) groups is 2. The van der Waals surface area contributed by atoms with Crippen LogP contribution in [0.2, 0.25) is 0 Å². The van der Waals surface area contributed by atoms with Crippen molar-refractivity contribution in [2.24, 2.45) is 0 Å². The summed E-state index contributed by atoms with van der Waals surface area (Å²) in [5, 5.41) is 22.7. The fourth-order valence-electron chi connectivity index (χ4n) is 4.02. The maximum atomic E-state index is 13.2. The van der Waals surface area contributed by atoms with Crippen LogP contribution in [0.25, 0.3) is 0 Å². The van der Waals surface area contributed by atoms with E-state index in [1.54, 1.807) is 62.5 Å². The van der Waals surface area contributed by atoms with E-state index in [9.17, 15) is 19.7 Å². The van der Waals surface area contributed by atoms with E-state index < -0.39 is 10.8 Å². The van der Waals surface area contributed by atoms with Crippen LogP contribution in [0.15, 0.2) is 60.8 Å². The standard InChI is InChI=1S/C29H29N7O6/c1-16-6-9-19(32-27(37)18-8-11-24(41-4)25(12-18)42-5)13-22(16)34-28(38)21-15-31-29(35-26(21)30-3)33-20-10-7-17(2)23(14-20)36(39)40/h6-15H,1-5H3,(H,32,37)(H,34,38)(H2,30,31,33,35). The molecule has 4 rings (SSSR count). The predicted molar refractivity (Wildman–Crippen MR) is 159 cm³/mol. The molecule has 0 saturated heterocycles. The van der Waals surface area contributed by atoms with Crippen LogP contribution < -0.4 is 30.7 Å². The number of nitrogens with zero attached hydrogens (tertiary/aromatic N) is 3. The summed E-state index contributed by atoms with van der Waals surface area (Å²) in [4.78, 5) is 45.5. The summed E-state index contributed by atoms with van der Waals surface area (Å²) in [5.41, 5.74) is 3.14. The molecule has 1 heterocycles. The van der Waals surface area contributed by atoms with Crippen molar-refractivity contribution in [1.82, 2.24) is 9.97 Å². The molecule has 0 bridgehead atoms. The van der Waals surface area contributed by atoms with Gasteiger partial charge >= 0.3 is 0 Å². The molecule has 3 aromatic carbocycles. The van der Waals surface area contributed by atoms with Crippen molar-refractivity contribution in [3.63, 3.8) is 0 Å². The molecule has 13 nitrogen and oxygen atoms in total. The molecule has 13 heteroatoms. The summed E-state index contributed by atoms with van der Waals surface area (Å²) in [6.07, 6.45) is 1.34. The quantitative estimate of drug-likeness (QED) is 0.144. The first-order chi connectivity index (χ1) is 20.1. The molecule has 0 unspecified atom stereocenters. The van der Waals surface area contributed by atoms with E-state index in [1.807, 2.05) is 6.92 Å². The molecule has 0 spiro atoms. The summed E-state index contributed by atoms with van der Waals surface area (Å²) in [6, 6.07) is 14.6. The zero-order valence-electron chi connectivity index (χ0n) is 23.6. The third-order valence-corrected chi connectivity index (χ3v) is 6.32. The number of hydrogen-bond donors (Lipinski definition) is 4. The second kappa shape index (κ2) is 12.6. The summed E-state index contributed by atoms with van der Waals surface area (Å²) in [7, 11) is 4.61. The van der Waals surface area contributed by atoms with E-state index >= 15 is 0 Å². The van der Waals surface area contributed by atoms with Crippen LogP contribution in [0.5, 0.6) is 11.5 Å². The van der Waals surface area contributed by atoms with Gasteiger partial charge in [-0.2, -0.15) is 4.98 Å². The van der Waals surface area contributed by atoms with Crippen molar-refractivity contribution in [2.45, 2.75) is 13.8 Å². The number of anilines is 5. The molecule has 0 aliphatic heterocycles. The number of ether oxygens (including phenoxy) is 2. The Hall–Kier alpha value is -5.72. The normalized spacial score (nSPS) is 10.4. The lowest BCUT2D eigenvalue weighted by Gasteiger charge is -2.14. The Bertz CT molecular complexity index is 1670. The molecule has 0 atom stereocenters. The zero-order chi connectivity index (χ0) is 30.4. The van der Waals surface area contributed by atoms with Crippen LogP contribution in [0.3, 0.4) is 0 Å². The molecule has 0 fully saturated rings. The number of aryl methyl sites for hydroxylation is 2. The number of nitro benzene ring substituents is 1. The molecule has 4 aromatic rings. The largest absolute Gasteiger partial charge is 0.493 e. The van der Waals surface area contributed by atoms with E-state index in [2.05, 4.69) is 31.2 Å². The van der Waals surface area contributed by atoms with E-state index in [-0.39, 0.29) is 28.9 Å². The fraction of sp³-hybridized carbons (Fsp3) is 0.172. The number of hydrogen-bond acceptors (Lipinski definition) is 10. The van der Waals surface area contributed by atoms with Crippen molar-refractivity contribution < 1.29 is 24.0 Å². The summed E-state index contributed by atoms with van der Waals surface area (Å²) < 4.78 is 10.5. The molecule has 216 valence electrons. The van der Waals surface area contributed by atoms with Crippen LogP contribution in [0, 0.1) is 24.0 Å². The molecular formula is C29H29N7O6. The maximum Gasteiger partial charge on any atom is 0.274 e. The Morgan fingerprint density at radius 2 is 1.57 bits per heavy atom. The van der Waals surface area contributed by atoms with Crippen molar-refractivity contribution in [3.8, 4) is 11.5 Å². The number of benzene rings is 3. The molecule has 0 saturated carbocycles. The van der Waals surface area contributed by atoms with Gasteiger partial charge in [0.05, 0.1) is 19.1 Å². The maximum absolute atomic E-state index is 13.2. The molecule has 1 aromatic heterocycles. The second-order valence-corrected chi connectivity index (χ2v) is 9.10. The van der Waals surface area contributed by atoms with Gasteiger partial charge in [0.1, 0.15) is 11.4 Å². The average Bonchev–Trinajstić information content (AvgIpc) is 2.99. The first-order valence-corrected chi connectivity index (χ1v) is 12.7. The number of methoxy groups -OCH3 is 2. The van der Waals surface area contributed by atoms with Gasteiger partial charge in [-0.25, -0.2) is 4.98 Å². The Kier molecular flexibility index (Phi) is 8.81. The molecule has 0 radical (unpaired) electrons. The topological polar surface area (TPSA) is 170 Å². The highest BCUT2D eigenvalue weighted by atomic mass is 16.6. The first kappa shape index (κ1) is 29.3. The van der Waals surface area contributed by atoms with Gasteiger partial charge in [0.15, 0.2) is 11.5 Å². The van der Waals surface area contributed by atoms with Gasteiger partial charge in [-0.3, -0.25) is 19.7 Å². The number of nitrogens with one attached hydrogen (secondary N) is 4. The van der Waals surface area contributed by atoms with Gasteiger partial charge in [0, 0.05) is 47.5 Å². The Morgan fingerprint density at radius 1 is 0.857 bits per heavy atom. The highest BCUT2D eigenvalue weighted by Gasteiger charge is 2.18. The van der Waals surface area contributed by atoms with Crippen molar-refractivity contribution >= 4 is 46.3 Å². The highest BCUT2D eigenvalue weighted by Crippen LogP contribution is 2.29. The van der Waals surface area contributed by atoms with Crippen LogP contribution in [0.1, 0.15) is 31.8 Å². The summed E-state index contributed by atoms with van der Waals surface area (Å²) in [6.45, 7) is 3.47. The Balaban J connectivity index is 1.50. The average molecular weight is 572 g/mol. The van der Waals surface area contributed by atoms with Gasteiger partial charge < -0.3 is 30.7 Å². The lowest BCUT2D eigenvalue weighted by molar-refractivity contribution is -0.385. The number of rotatable bonds is 10. The van der Waals surface area contributed by atoms with Gasteiger partial charge in [0.25, 0.3) is 17.5 Å². The van der Waals surface area contributed by atoms with Gasteiger partial charge in [0.2, 0.25) is 5.95 Å². The molecule has 2 amide bonds. The van der Waals surface area contributed by atoms with Crippen molar-refractivity contribution in [2.75, 3.05) is 42.5 Å². The smallest absolute Gasteiger partial charge is 0.274 e. The number of carbonyl (C=O) groups excluding carboxylic acids is 2. The summed E-state index contributed by atoms with van der Waals surface area (Å²) >= 11 is 0. The van der Waals surface area contributed by atoms with E-state index in [1.165, 1.54) is 26.5 Å². The van der Waals surface area contributed by atoms with E-state index in [0.717, 1.165) is 5.56 Å². The van der Waals surface area contributed by atoms with Crippen molar-refractivity contribution in [1.29, 1.82) is 0 Å². The van der Waals surface area contributed by atoms with E-state index in [0.29, 0.717) is 39.7 Å². The monoisotopic (exact) mass is 571 g/mol. The third kappa shape index (κ3) is 6.53. The Morgan fingerprint density at radius 3 is 2.26 bits per heavy atom. The van der Waals surface area contributed by atoms with Gasteiger partial charge in [-0.1, -0.05) is 12.1 Å².